The van der Waals surface area contributed by atoms with Gasteiger partial charge in [-0.1, -0.05) is 86.3 Å². The molecule has 44 heavy (non-hydrogen) atoms. The lowest BCUT2D eigenvalue weighted by molar-refractivity contribution is 0.227. The molecule has 0 amide bonds. The van der Waals surface area contributed by atoms with Gasteiger partial charge in [0.1, 0.15) is 0 Å². The van der Waals surface area contributed by atoms with E-state index in [4.69, 9.17) is 16.5 Å². The van der Waals surface area contributed by atoms with E-state index in [9.17, 15) is 0 Å². The predicted octanol–water partition coefficient (Wildman–Crippen LogP) is 7.76. The van der Waals surface area contributed by atoms with E-state index in [1.165, 1.54) is 21.7 Å². The summed E-state index contributed by atoms with van der Waals surface area (Å²) in [5.41, 5.74) is 2.54. The summed E-state index contributed by atoms with van der Waals surface area (Å²) in [7, 11) is -5.18. The molecule has 0 bridgehead atoms. The van der Waals surface area contributed by atoms with Crippen molar-refractivity contribution in [1.82, 2.24) is 0 Å². The van der Waals surface area contributed by atoms with Crippen molar-refractivity contribution >= 4 is 72.1 Å². The van der Waals surface area contributed by atoms with Crippen LogP contribution < -0.4 is 20.2 Å². The molecule has 1 aliphatic heterocycles. The fourth-order valence-corrected chi connectivity index (χ4v) is 39.1. The molecule has 1 heterocycles. The van der Waals surface area contributed by atoms with Crippen molar-refractivity contribution in [3.05, 3.63) is 48.5 Å². The van der Waals surface area contributed by atoms with E-state index in [0.717, 1.165) is 36.6 Å². The van der Waals surface area contributed by atoms with E-state index in [2.05, 4.69) is 152 Å². The maximum absolute atomic E-state index is 7.33. The lowest BCUT2D eigenvalue weighted by Gasteiger charge is -2.50. The van der Waals surface area contributed by atoms with E-state index in [-0.39, 0.29) is 0 Å². The van der Waals surface area contributed by atoms with Gasteiger partial charge in [0.15, 0.2) is 0 Å². The molecule has 1 aliphatic rings. The Morgan fingerprint density at radius 1 is 0.568 bits per heavy atom. The molecule has 1 saturated heterocycles. The predicted molar refractivity (Wildman–Crippen MR) is 207 cm³/mol. The molecule has 12 heteroatoms. The van der Waals surface area contributed by atoms with Crippen LogP contribution in [0.25, 0.3) is 0 Å². The van der Waals surface area contributed by atoms with Crippen molar-refractivity contribution in [2.24, 2.45) is 0 Å². The number of anilines is 2. The summed E-state index contributed by atoms with van der Waals surface area (Å²) in [6.07, 6.45) is 1.05. The van der Waals surface area contributed by atoms with E-state index in [1.54, 1.807) is 0 Å². The Hall–Kier alpha value is -0.819. The highest BCUT2D eigenvalue weighted by atomic mass is 28.5. The summed E-state index contributed by atoms with van der Waals surface area (Å²) < 4.78 is 29.1. The fraction of sp³-hybridized carbons (Fsp3) is 0.625. The van der Waals surface area contributed by atoms with Crippen LogP contribution in [0.4, 0.5) is 11.4 Å². The van der Waals surface area contributed by atoms with Crippen LogP contribution in [0.3, 0.4) is 0 Å². The third kappa shape index (κ3) is 10.1. The molecule has 0 aliphatic carbocycles. The highest BCUT2D eigenvalue weighted by molar-refractivity contribution is 6.96. The molecule has 0 aromatic heterocycles. The first-order valence-electron chi connectivity index (χ1n) is 16.5. The van der Waals surface area contributed by atoms with Gasteiger partial charge in [-0.25, -0.2) is 0 Å². The van der Waals surface area contributed by atoms with Crippen LogP contribution in [-0.4, -0.2) is 78.6 Å². The fourth-order valence-electron chi connectivity index (χ4n) is 6.57. The van der Waals surface area contributed by atoms with Crippen molar-refractivity contribution in [2.45, 2.75) is 102 Å². The van der Waals surface area contributed by atoms with Crippen LogP contribution in [0.1, 0.15) is 13.3 Å². The van der Waals surface area contributed by atoms with Gasteiger partial charge in [-0.05, 0) is 75.1 Å². The van der Waals surface area contributed by atoms with Crippen LogP contribution >= 0.6 is 0 Å². The first-order valence-corrected chi connectivity index (χ1v) is 33.3. The highest BCUT2D eigenvalue weighted by Gasteiger charge is 2.55. The number of benzene rings is 2. The molecule has 0 N–H and O–H groups in total. The summed E-state index contributed by atoms with van der Waals surface area (Å²) in [5.74, 6) is 0. The van der Waals surface area contributed by atoms with Crippen LogP contribution in [0.2, 0.25) is 89.1 Å². The summed E-state index contributed by atoms with van der Waals surface area (Å²) in [5, 5.41) is 2.99. The molecule has 1 fully saturated rings. The van der Waals surface area contributed by atoms with Crippen molar-refractivity contribution < 1.29 is 16.5 Å². The zero-order chi connectivity index (χ0) is 33.2. The monoisotopic (exact) mass is 706 g/mol. The van der Waals surface area contributed by atoms with Gasteiger partial charge >= 0.3 is 34.2 Å². The van der Waals surface area contributed by atoms with Gasteiger partial charge in [-0.3, -0.25) is 0 Å². The first kappa shape index (κ1) is 37.6. The molecule has 2 atom stereocenters. The molecule has 0 radical (unpaired) electrons. The minimum absolute atomic E-state index is 0.976. The Morgan fingerprint density at radius 2 is 0.932 bits per heavy atom. The van der Waals surface area contributed by atoms with Crippen molar-refractivity contribution in [2.75, 3.05) is 38.0 Å². The smallest absolute Gasteiger partial charge is 0.317 e. The van der Waals surface area contributed by atoms with Gasteiger partial charge in [0, 0.05) is 39.6 Å². The topological polar surface area (TPSA) is 43.4 Å². The Bertz CT molecular complexity index is 1170. The third-order valence-electron chi connectivity index (χ3n) is 9.19. The third-order valence-corrected chi connectivity index (χ3v) is 35.0. The Kier molecular flexibility index (Phi) is 12.1. The number of hydrogen-bond donors (Lipinski definition) is 0. The van der Waals surface area contributed by atoms with Gasteiger partial charge in [0.05, 0.1) is 16.1 Å². The van der Waals surface area contributed by atoms with Crippen LogP contribution in [0.5, 0.6) is 0 Å². The van der Waals surface area contributed by atoms with Gasteiger partial charge in [0.25, 0.3) is 0 Å². The molecule has 248 valence electrons. The summed E-state index contributed by atoms with van der Waals surface area (Å²) in [4.78, 5) is 4.39. The van der Waals surface area contributed by atoms with E-state index in [0.29, 0.717) is 0 Å². The second-order valence-corrected chi connectivity index (χ2v) is 39.7. The Morgan fingerprint density at radius 3 is 1.27 bits per heavy atom. The molecule has 0 saturated carbocycles. The normalized spacial score (nSPS) is 26.1. The molecular formula is C32H62N2O4Si6. The SMILES string of the molecule is CCC[Si]1(C)O[Si](C)(CC[Si](C)(C)c2cccc(N(C)C)c2)O[Si](C)(C)O[Si](C)(CC[Si](C)(C)c2cccc(N(C)C)c2)O1. The second kappa shape index (κ2) is 14.1. The lowest BCUT2D eigenvalue weighted by Crippen LogP contribution is -2.67. The minimum Gasteiger partial charge on any atom is -0.416 e. The summed E-state index contributed by atoms with van der Waals surface area (Å²) in [6, 6.07) is 23.4. The maximum Gasteiger partial charge on any atom is 0.317 e. The van der Waals surface area contributed by atoms with Crippen molar-refractivity contribution in [3.63, 3.8) is 0 Å². The number of hydrogen-bond acceptors (Lipinski definition) is 6. The second-order valence-electron chi connectivity index (χ2n) is 15.6. The highest BCUT2D eigenvalue weighted by Crippen LogP contribution is 2.38. The van der Waals surface area contributed by atoms with Gasteiger partial charge in [0.2, 0.25) is 0 Å². The van der Waals surface area contributed by atoms with Gasteiger partial charge in [-0.15, -0.1) is 0 Å². The summed E-state index contributed by atoms with van der Waals surface area (Å²) in [6.45, 7) is 23.6. The van der Waals surface area contributed by atoms with Gasteiger partial charge in [-0.2, -0.15) is 0 Å². The minimum atomic E-state index is -2.57. The maximum atomic E-state index is 7.33. The molecule has 3 rings (SSSR count). The molecule has 2 aromatic carbocycles. The summed E-state index contributed by atoms with van der Waals surface area (Å²) >= 11 is 0. The average molecular weight is 707 g/mol. The zero-order valence-electron chi connectivity index (χ0n) is 30.4. The quantitative estimate of drug-likeness (QED) is 0.210. The zero-order valence-corrected chi connectivity index (χ0v) is 36.4. The van der Waals surface area contributed by atoms with E-state index >= 15 is 0 Å². The lowest BCUT2D eigenvalue weighted by atomic mass is 10.3. The van der Waals surface area contributed by atoms with E-state index in [1.807, 2.05) is 0 Å². The molecular weight excluding hydrogens is 645 g/mol. The standard InChI is InChI=1S/C32H62N2O4Si6/c1-15-22-42(12)37-43(13,25-23-39(6,7)31-20-16-18-29(27-31)33(2)3)35-41(10,11)36-44(14,38-42)26-24-40(8,9)32-21-17-19-30(28-32)34(4)5/h16-21,27-28H,15,22-26H2,1-14H3. The number of rotatable bonds is 12. The molecule has 2 aromatic rings. The molecule has 2 unspecified atom stereocenters. The van der Waals surface area contributed by atoms with Crippen LogP contribution in [-0.2, 0) is 16.5 Å². The average Bonchev–Trinajstić information content (AvgIpc) is 2.89. The molecule has 6 nitrogen and oxygen atoms in total. The molecule has 0 spiro atoms. The van der Waals surface area contributed by atoms with Crippen molar-refractivity contribution in [1.29, 1.82) is 0 Å². The van der Waals surface area contributed by atoms with Gasteiger partial charge < -0.3 is 26.3 Å². The first-order chi connectivity index (χ1) is 20.1. The van der Waals surface area contributed by atoms with Crippen LogP contribution in [0.15, 0.2) is 48.5 Å². The largest absolute Gasteiger partial charge is 0.416 e. The number of nitrogens with zero attached hydrogens (tertiary/aromatic N) is 2. The van der Waals surface area contributed by atoms with Crippen LogP contribution in [0, 0.1) is 0 Å². The Balaban J connectivity index is 1.83. The Labute approximate surface area is 276 Å². The van der Waals surface area contributed by atoms with Crippen molar-refractivity contribution in [3.8, 4) is 0 Å². The van der Waals surface area contributed by atoms with E-state index < -0.39 is 50.4 Å².